The molecule has 0 atom stereocenters. The van der Waals surface area contributed by atoms with Gasteiger partial charge in [-0.15, -0.1) is 5.10 Å². The molecule has 0 amide bonds. The van der Waals surface area contributed by atoms with Crippen molar-refractivity contribution in [2.75, 3.05) is 0 Å². The predicted octanol–water partition coefficient (Wildman–Crippen LogP) is 3.08. The van der Waals surface area contributed by atoms with Crippen molar-refractivity contribution < 1.29 is 14.3 Å². The number of halogens is 1. The first-order chi connectivity index (χ1) is 10.6. The van der Waals surface area contributed by atoms with Gasteiger partial charge in [0.1, 0.15) is 5.82 Å². The van der Waals surface area contributed by atoms with E-state index in [1.54, 1.807) is 37.4 Å². The Morgan fingerprint density at radius 2 is 2.05 bits per heavy atom. The number of hydrogen-bond donors (Lipinski definition) is 1. The lowest BCUT2D eigenvalue weighted by Gasteiger charge is -2.08. The van der Waals surface area contributed by atoms with E-state index in [0.717, 1.165) is 5.56 Å². The summed E-state index contributed by atoms with van der Waals surface area (Å²) in [5, 5.41) is 16.9. The van der Waals surface area contributed by atoms with Crippen molar-refractivity contribution in [1.82, 2.24) is 15.0 Å². The molecule has 0 bridgehead atoms. The van der Waals surface area contributed by atoms with E-state index in [2.05, 4.69) is 10.3 Å². The van der Waals surface area contributed by atoms with Crippen LogP contribution in [0.3, 0.4) is 0 Å². The molecule has 0 unspecified atom stereocenters. The molecule has 22 heavy (non-hydrogen) atoms. The standard InChI is InChI=1S/C16H12FN3O2/c1-10-7-11(5-6-14(10)17)15-9-18-19-20(15)13-4-2-3-12(8-13)16(21)22/h2-9H,1H3,(H,21,22). The van der Waals surface area contributed by atoms with Gasteiger partial charge in [0.25, 0.3) is 0 Å². The van der Waals surface area contributed by atoms with Crippen LogP contribution in [0.15, 0.2) is 48.7 Å². The Hall–Kier alpha value is -3.02. The summed E-state index contributed by atoms with van der Waals surface area (Å²) in [6.45, 7) is 1.68. The number of aryl methyl sites for hydroxylation is 1. The molecule has 0 aliphatic heterocycles. The third kappa shape index (κ3) is 2.46. The molecule has 1 aromatic heterocycles. The number of hydrogen-bond acceptors (Lipinski definition) is 3. The molecule has 0 fully saturated rings. The second-order valence-electron chi connectivity index (χ2n) is 4.85. The number of carboxylic acids is 1. The van der Waals surface area contributed by atoms with Gasteiger partial charge in [0.2, 0.25) is 0 Å². The highest BCUT2D eigenvalue weighted by atomic mass is 19.1. The van der Waals surface area contributed by atoms with Crippen LogP contribution in [0.2, 0.25) is 0 Å². The highest BCUT2D eigenvalue weighted by Gasteiger charge is 2.12. The molecule has 0 radical (unpaired) electrons. The lowest BCUT2D eigenvalue weighted by atomic mass is 10.1. The number of aromatic carboxylic acids is 1. The van der Waals surface area contributed by atoms with Crippen LogP contribution < -0.4 is 0 Å². The van der Waals surface area contributed by atoms with Crippen LogP contribution in [0, 0.1) is 12.7 Å². The first-order valence-corrected chi connectivity index (χ1v) is 6.57. The number of rotatable bonds is 3. The van der Waals surface area contributed by atoms with E-state index in [0.29, 0.717) is 16.9 Å². The summed E-state index contributed by atoms with van der Waals surface area (Å²) in [6.07, 6.45) is 1.56. The summed E-state index contributed by atoms with van der Waals surface area (Å²) in [5.41, 5.74) is 2.67. The van der Waals surface area contributed by atoms with Gasteiger partial charge < -0.3 is 5.11 Å². The third-order valence-corrected chi connectivity index (χ3v) is 3.34. The minimum atomic E-state index is -1.01. The fraction of sp³-hybridized carbons (Fsp3) is 0.0625. The van der Waals surface area contributed by atoms with E-state index in [1.165, 1.54) is 22.9 Å². The van der Waals surface area contributed by atoms with Gasteiger partial charge in [-0.05, 0) is 48.9 Å². The van der Waals surface area contributed by atoms with Crippen molar-refractivity contribution in [2.45, 2.75) is 6.92 Å². The van der Waals surface area contributed by atoms with Crippen LogP contribution in [-0.2, 0) is 0 Å². The minimum Gasteiger partial charge on any atom is -0.478 e. The Labute approximate surface area is 125 Å². The van der Waals surface area contributed by atoms with Crippen molar-refractivity contribution in [3.8, 4) is 16.9 Å². The summed E-state index contributed by atoms with van der Waals surface area (Å²) < 4.78 is 14.9. The van der Waals surface area contributed by atoms with Crippen molar-refractivity contribution in [3.05, 3.63) is 65.6 Å². The maximum atomic E-state index is 13.4. The van der Waals surface area contributed by atoms with E-state index in [1.807, 2.05) is 0 Å². The highest BCUT2D eigenvalue weighted by molar-refractivity contribution is 5.88. The molecule has 0 aliphatic rings. The van der Waals surface area contributed by atoms with Crippen LogP contribution in [-0.4, -0.2) is 26.1 Å². The van der Waals surface area contributed by atoms with Gasteiger partial charge in [-0.3, -0.25) is 0 Å². The summed E-state index contributed by atoms with van der Waals surface area (Å²) in [6, 6.07) is 11.1. The van der Waals surface area contributed by atoms with E-state index in [4.69, 9.17) is 5.11 Å². The van der Waals surface area contributed by atoms with Gasteiger partial charge in [0, 0.05) is 5.56 Å². The molecule has 5 nitrogen and oxygen atoms in total. The van der Waals surface area contributed by atoms with Crippen molar-refractivity contribution >= 4 is 5.97 Å². The lowest BCUT2D eigenvalue weighted by molar-refractivity contribution is 0.0697. The third-order valence-electron chi connectivity index (χ3n) is 3.34. The average Bonchev–Trinajstić information content (AvgIpc) is 2.99. The fourth-order valence-corrected chi connectivity index (χ4v) is 2.20. The van der Waals surface area contributed by atoms with Crippen LogP contribution >= 0.6 is 0 Å². The minimum absolute atomic E-state index is 0.161. The summed E-state index contributed by atoms with van der Waals surface area (Å²) in [7, 11) is 0. The molecule has 110 valence electrons. The largest absolute Gasteiger partial charge is 0.478 e. The SMILES string of the molecule is Cc1cc(-c2cnnn2-c2cccc(C(=O)O)c2)ccc1F. The van der Waals surface area contributed by atoms with Crippen LogP contribution in [0.1, 0.15) is 15.9 Å². The molecular formula is C16H12FN3O2. The van der Waals surface area contributed by atoms with Gasteiger partial charge in [0.05, 0.1) is 23.1 Å². The maximum Gasteiger partial charge on any atom is 0.335 e. The molecule has 3 aromatic rings. The Bertz CT molecular complexity index is 858. The first-order valence-electron chi connectivity index (χ1n) is 6.57. The van der Waals surface area contributed by atoms with Gasteiger partial charge >= 0.3 is 5.97 Å². The smallest absolute Gasteiger partial charge is 0.335 e. The lowest BCUT2D eigenvalue weighted by Crippen LogP contribution is -2.03. The number of nitrogens with zero attached hydrogens (tertiary/aromatic N) is 3. The quantitative estimate of drug-likeness (QED) is 0.806. The predicted molar refractivity (Wildman–Crippen MR) is 78.4 cm³/mol. The van der Waals surface area contributed by atoms with Gasteiger partial charge in [-0.1, -0.05) is 11.3 Å². The molecule has 0 aliphatic carbocycles. The monoisotopic (exact) mass is 297 g/mol. The number of benzene rings is 2. The highest BCUT2D eigenvalue weighted by Crippen LogP contribution is 2.23. The van der Waals surface area contributed by atoms with E-state index in [9.17, 15) is 9.18 Å². The number of carbonyl (C=O) groups is 1. The molecule has 1 heterocycles. The zero-order chi connectivity index (χ0) is 15.7. The Morgan fingerprint density at radius 3 is 2.77 bits per heavy atom. The Balaban J connectivity index is 2.11. The van der Waals surface area contributed by atoms with Gasteiger partial charge in [0.15, 0.2) is 0 Å². The normalized spacial score (nSPS) is 10.6. The number of carboxylic acid groups (broad SMARTS) is 1. The topological polar surface area (TPSA) is 68.0 Å². The zero-order valence-electron chi connectivity index (χ0n) is 11.7. The number of aromatic nitrogens is 3. The molecular weight excluding hydrogens is 285 g/mol. The van der Waals surface area contributed by atoms with E-state index in [-0.39, 0.29) is 11.4 Å². The second kappa shape index (κ2) is 5.40. The molecule has 0 spiro atoms. The first kappa shape index (κ1) is 13.9. The van der Waals surface area contributed by atoms with Gasteiger partial charge in [-0.25, -0.2) is 13.9 Å². The van der Waals surface area contributed by atoms with E-state index >= 15 is 0 Å². The molecule has 1 N–H and O–H groups in total. The maximum absolute atomic E-state index is 13.4. The summed E-state index contributed by atoms with van der Waals surface area (Å²) in [5.74, 6) is -1.29. The molecule has 3 rings (SSSR count). The Morgan fingerprint density at radius 1 is 1.23 bits per heavy atom. The average molecular weight is 297 g/mol. The summed E-state index contributed by atoms with van der Waals surface area (Å²) >= 11 is 0. The van der Waals surface area contributed by atoms with E-state index < -0.39 is 5.97 Å². The Kier molecular flexibility index (Phi) is 3.42. The van der Waals surface area contributed by atoms with Crippen molar-refractivity contribution in [3.63, 3.8) is 0 Å². The molecule has 0 saturated heterocycles. The molecule has 0 saturated carbocycles. The van der Waals surface area contributed by atoms with Crippen LogP contribution in [0.25, 0.3) is 16.9 Å². The molecule has 6 heteroatoms. The molecule has 2 aromatic carbocycles. The van der Waals surface area contributed by atoms with Crippen LogP contribution in [0.5, 0.6) is 0 Å². The summed E-state index contributed by atoms with van der Waals surface area (Å²) in [4.78, 5) is 11.1. The van der Waals surface area contributed by atoms with Gasteiger partial charge in [-0.2, -0.15) is 0 Å². The fourth-order valence-electron chi connectivity index (χ4n) is 2.20. The van der Waals surface area contributed by atoms with Crippen molar-refractivity contribution in [2.24, 2.45) is 0 Å². The second-order valence-corrected chi connectivity index (χ2v) is 4.85. The zero-order valence-corrected chi connectivity index (χ0v) is 11.7. The van der Waals surface area contributed by atoms with Crippen LogP contribution in [0.4, 0.5) is 4.39 Å². The van der Waals surface area contributed by atoms with Crippen molar-refractivity contribution in [1.29, 1.82) is 0 Å².